The first-order chi connectivity index (χ1) is 64.8. The maximum atomic E-state index is 13.2. The molecular weight excluding hydrogens is 1880 g/mol. The molecule has 792 valence electrons. The third-order valence-electron chi connectivity index (χ3n) is 25.0. The fourth-order valence-electron chi connectivity index (χ4n) is 17.7. The Bertz CT molecular complexity index is 3780. The first-order valence-corrected chi connectivity index (χ1v) is 43.6. The van der Waals surface area contributed by atoms with Crippen LogP contribution in [-0.2, 0) is 123 Å². The van der Waals surface area contributed by atoms with E-state index in [9.17, 15) is 177 Å². The van der Waals surface area contributed by atoms with Crippen molar-refractivity contribution in [2.75, 3.05) is 72.7 Å². The lowest BCUT2D eigenvalue weighted by atomic mass is 9.93. The Labute approximate surface area is 775 Å². The summed E-state index contributed by atoms with van der Waals surface area (Å²) in [5, 5.41) is 349. The van der Waals surface area contributed by atoms with Gasteiger partial charge in [-0.2, -0.15) is 0 Å². The van der Waals surface area contributed by atoms with Crippen molar-refractivity contribution < 1.29 is 277 Å². The summed E-state index contributed by atoms with van der Waals surface area (Å²) in [4.78, 5) is 65.0. The molecule has 11 heterocycles. The number of carbonyl (C=O) groups excluding carboxylic acids is 5. The number of nitrogens with one attached hydrogen (secondary N) is 5. The van der Waals surface area contributed by atoms with E-state index < -0.39 is 440 Å². The average Bonchev–Trinajstić information content (AvgIpc) is 0.767. The maximum absolute atomic E-state index is 13.2. The highest BCUT2D eigenvalue weighted by molar-refractivity contribution is 5.75. The Kier molecular flexibility index (Phi) is 40.7. The van der Waals surface area contributed by atoms with Crippen molar-refractivity contribution in [2.45, 2.75) is 372 Å². The normalized spacial score (nSPS) is 48.9. The Morgan fingerprint density at radius 3 is 0.781 bits per heavy atom. The van der Waals surface area contributed by atoms with Crippen LogP contribution >= 0.6 is 0 Å². The van der Waals surface area contributed by atoms with Gasteiger partial charge in [0.05, 0.1) is 72.7 Å². The van der Waals surface area contributed by atoms with Crippen LogP contribution < -0.4 is 26.6 Å². The van der Waals surface area contributed by atoms with Crippen molar-refractivity contribution in [1.29, 1.82) is 0 Å². The number of hydrogen-bond donors (Lipinski definition) is 35. The maximum Gasteiger partial charge on any atom is 0.217 e. The molecule has 1 unspecified atom stereocenters. The van der Waals surface area contributed by atoms with E-state index in [1.807, 2.05) is 0 Å². The van der Waals surface area contributed by atoms with Gasteiger partial charge in [-0.3, -0.25) is 24.0 Å². The predicted molar refractivity (Wildman–Crippen MR) is 420 cm³/mol. The zero-order chi connectivity index (χ0) is 101. The topological polar surface area (TPSA) is 946 Å². The van der Waals surface area contributed by atoms with Crippen molar-refractivity contribution in [3.63, 3.8) is 0 Å². The first-order valence-electron chi connectivity index (χ1n) is 43.6. The lowest BCUT2D eigenvalue weighted by Gasteiger charge is -2.51. The molecule has 11 saturated heterocycles. The minimum absolute atomic E-state index is 0.828. The van der Waals surface area contributed by atoms with Crippen LogP contribution in [0.4, 0.5) is 0 Å². The number of rotatable bonds is 36. The van der Waals surface area contributed by atoms with Gasteiger partial charge in [-0.25, -0.2) is 0 Å². The molecule has 0 spiro atoms. The third kappa shape index (κ3) is 25.2. The van der Waals surface area contributed by atoms with Gasteiger partial charge in [0.1, 0.15) is 268 Å². The summed E-state index contributed by atoms with van der Waals surface area (Å²) in [7, 11) is 0. The van der Waals surface area contributed by atoms with Gasteiger partial charge in [0.15, 0.2) is 69.2 Å². The van der Waals surface area contributed by atoms with Crippen molar-refractivity contribution in [3.8, 4) is 0 Å². The minimum atomic E-state index is -2.70. The summed E-state index contributed by atoms with van der Waals surface area (Å²) in [6.07, 6.45) is -108. The lowest BCUT2D eigenvalue weighted by Crippen LogP contribution is -2.71. The van der Waals surface area contributed by atoms with Gasteiger partial charge in [-0.1, -0.05) is 0 Å². The summed E-state index contributed by atoms with van der Waals surface area (Å²) < 4.78 is 126. The second-order valence-electron chi connectivity index (χ2n) is 34.6. The van der Waals surface area contributed by atoms with Crippen molar-refractivity contribution in [1.82, 2.24) is 26.6 Å². The molecule has 11 aliphatic heterocycles. The molecule has 11 rings (SSSR count). The van der Waals surface area contributed by atoms with Crippen molar-refractivity contribution in [3.05, 3.63) is 0 Å². The number of amides is 5. The number of ether oxygens (including phenoxy) is 21. The second kappa shape index (κ2) is 49.5. The van der Waals surface area contributed by atoms with E-state index in [0.29, 0.717) is 0 Å². The molecule has 5 amide bonds. The Morgan fingerprint density at radius 2 is 0.416 bits per heavy atom. The second-order valence-corrected chi connectivity index (χ2v) is 34.6. The van der Waals surface area contributed by atoms with Crippen LogP contribution in [-0.4, -0.2) is 593 Å². The van der Waals surface area contributed by atoms with Crippen molar-refractivity contribution in [2.24, 2.45) is 0 Å². The van der Waals surface area contributed by atoms with Crippen LogP contribution in [0, 0.1) is 0 Å². The zero-order valence-corrected chi connectivity index (χ0v) is 73.6. The predicted octanol–water partition coefficient (Wildman–Crippen LogP) is -24.3. The van der Waals surface area contributed by atoms with Crippen molar-refractivity contribution >= 4 is 29.5 Å². The van der Waals surface area contributed by atoms with Gasteiger partial charge >= 0.3 is 0 Å². The first kappa shape index (κ1) is 113. The largest absolute Gasteiger partial charge is 0.394 e. The van der Waals surface area contributed by atoms with E-state index in [0.717, 1.165) is 34.6 Å². The Hall–Kier alpha value is -4.69. The van der Waals surface area contributed by atoms with Gasteiger partial charge in [-0.05, 0) is 0 Å². The third-order valence-corrected chi connectivity index (χ3v) is 25.0. The number of aliphatic hydroxyl groups is 30. The molecule has 0 saturated carbocycles. The van der Waals surface area contributed by atoms with E-state index in [1.165, 1.54) is 0 Å². The molecule has 0 radical (unpaired) electrons. The molecule has 61 heteroatoms. The van der Waals surface area contributed by atoms with E-state index >= 15 is 0 Å². The fourth-order valence-corrected chi connectivity index (χ4v) is 17.7. The van der Waals surface area contributed by atoms with E-state index in [1.54, 1.807) is 0 Å². The van der Waals surface area contributed by atoms with Gasteiger partial charge in [0, 0.05) is 34.6 Å². The van der Waals surface area contributed by atoms with Gasteiger partial charge in [0.2, 0.25) is 29.5 Å². The summed E-state index contributed by atoms with van der Waals surface area (Å²) in [6.45, 7) is -8.06. The molecule has 11 aliphatic rings. The number of carbonyl (C=O) groups is 5. The van der Waals surface area contributed by atoms with Crippen LogP contribution in [0.5, 0.6) is 0 Å². The van der Waals surface area contributed by atoms with E-state index in [2.05, 4.69) is 26.6 Å². The highest BCUT2D eigenvalue weighted by atomic mass is 16.8. The molecule has 0 aromatic carbocycles. The lowest BCUT2D eigenvalue weighted by molar-refractivity contribution is -0.399. The standard InChI is InChI=1S/C76H127N5O56/c1-17(91)77-33-45(103)58(27(11-87)119-66(33)116)130-68-34(78-18(2)92)46(104)61(30(14-90)125-68)133-74-57(115)63(135-76-65(52(110)41(99)25(9-85)124-76)137-70-36(80-20(4)94)48(106)60(29(13-89)127-70)132-72-55(113)50(108)39(97)23(7-83)122-72)44(102)32(128-74)16-118-75-64(136-69-35(79-19(3)93)47(105)59(28(12-88)126-69)131-71-54(112)49(107)38(96)22(6-82)121-71)53(111)42(100)31(129-75)15-117-67-37(81-21(5)95)62(43(101)26(10-86)120-67)134-73-56(114)51(109)40(98)24(8-84)123-73/h22-76,82-90,96-116H,6-16H2,1-5H3,(H,77,91)(H,78,92)(H,79,93)(H,80,94)(H,81,95)/t22-,23-,24-,25-,26-,27-,28-,29-,30-,31-,32-,33-,34-,35-,36-,37-,38+,39+,40+,41-,42-,43-,44-,45-,46-,47-,48-,49+,50+,51+,52+,53+,54-,55-,56-,57+,58-,59-,60-,61-,62-,63+,64+,65+,66?,67-,68+,69+,70+,71+,72+,73+,74+,75+,76-/m1/s1. The molecule has 0 aromatic heterocycles. The Balaban J connectivity index is 0.973. The quantitative estimate of drug-likeness (QED) is 0.0277. The number of aliphatic hydroxyl groups excluding tert-OH is 30. The Morgan fingerprint density at radius 1 is 0.190 bits per heavy atom. The molecule has 35 N–H and O–H groups in total. The van der Waals surface area contributed by atoms with Gasteiger partial charge < -0.3 is 279 Å². The SMILES string of the molecule is CC(=O)N[C@H]1[C@H](O[C@H]2[C@H](O)[C@@H](NC(C)=O)C(O)O[C@@H]2CO)O[C@H](CO)[C@@H](O[C@@H]2O[C@H](CO[C@H]3O[C@H](CO[C@@H]4O[C@H](CO)[C@@H](O)[C@H](O[C@@H]5O[C@H](CO)[C@H](O)[C@H](O)[C@H]5O)[C@H]4NC(C)=O)[C@@H](O)[C@H](O)[C@@H]3O[C@@H]3O[C@H](CO)[C@@H](O[C@@H]4O[C@H](CO)[C@H](O)[C@H](O)[C@H]4O)[C@H](O)[C@H]3NC(C)=O)[C@@H](O)[C@H](O[C@H]3O[C@H](CO)[C@@H](O)[C@H](O)[C@@H]3O[C@@H]3O[C@H](CO)[C@@H](O[C@@H]4O[C@H](CO)[C@H](O)[C@H](O)[C@H]4O)[C@H](O)[C@H]3NC(C)=O)[C@@H]2O)[C@@H]1O. The molecule has 0 aromatic rings. The van der Waals surface area contributed by atoms with E-state index in [4.69, 9.17) is 99.5 Å². The summed E-state index contributed by atoms with van der Waals surface area (Å²) >= 11 is 0. The smallest absolute Gasteiger partial charge is 0.217 e. The van der Waals surface area contributed by atoms with Gasteiger partial charge in [0.25, 0.3) is 0 Å². The number of hydrogen-bond acceptors (Lipinski definition) is 56. The van der Waals surface area contributed by atoms with Crippen LogP contribution in [0.1, 0.15) is 34.6 Å². The molecule has 55 atom stereocenters. The minimum Gasteiger partial charge on any atom is -0.394 e. The van der Waals surface area contributed by atoms with Crippen LogP contribution in [0.25, 0.3) is 0 Å². The monoisotopic (exact) mass is 2010 g/mol. The van der Waals surface area contributed by atoms with E-state index in [-0.39, 0.29) is 0 Å². The molecule has 137 heavy (non-hydrogen) atoms. The molecule has 61 nitrogen and oxygen atoms in total. The molecular formula is C76H127N5O56. The molecule has 0 aliphatic carbocycles. The highest BCUT2D eigenvalue weighted by Gasteiger charge is 2.63. The molecule has 0 bridgehead atoms. The fraction of sp³-hybridized carbons (Fsp3) is 0.934. The highest BCUT2D eigenvalue weighted by Crippen LogP contribution is 2.42. The summed E-state index contributed by atoms with van der Waals surface area (Å²) in [5.41, 5.74) is 0. The summed E-state index contributed by atoms with van der Waals surface area (Å²) in [5.74, 6) is -4.81. The van der Waals surface area contributed by atoms with Gasteiger partial charge in [-0.15, -0.1) is 0 Å². The van der Waals surface area contributed by atoms with Crippen LogP contribution in [0.3, 0.4) is 0 Å². The van der Waals surface area contributed by atoms with Crippen LogP contribution in [0.15, 0.2) is 0 Å². The summed E-state index contributed by atoms with van der Waals surface area (Å²) in [6, 6.07) is -9.69. The average molecular weight is 2010 g/mol. The van der Waals surface area contributed by atoms with Crippen LogP contribution in [0.2, 0.25) is 0 Å². The zero-order valence-electron chi connectivity index (χ0n) is 73.6. The molecule has 11 fully saturated rings.